The second-order valence-corrected chi connectivity index (χ2v) is 6.14. The second kappa shape index (κ2) is 7.37. The SMILES string of the molecule is O=C(O)CCC1CCCN(Cc2cnn(-c3ccccc3)n2)C1. The Bertz CT molecular complexity index is 641. The lowest BCUT2D eigenvalue weighted by Crippen LogP contribution is -2.35. The summed E-state index contributed by atoms with van der Waals surface area (Å²) in [6, 6.07) is 9.87. The molecule has 3 rings (SSSR count). The molecule has 1 unspecified atom stereocenters. The second-order valence-electron chi connectivity index (χ2n) is 6.14. The number of aromatic nitrogens is 3. The van der Waals surface area contributed by atoms with Gasteiger partial charge in [0, 0.05) is 19.5 Å². The third-order valence-corrected chi connectivity index (χ3v) is 4.28. The number of nitrogens with zero attached hydrogens (tertiary/aromatic N) is 4. The number of aliphatic carboxylic acids is 1. The van der Waals surface area contributed by atoms with Crippen LogP contribution in [0.2, 0.25) is 0 Å². The zero-order chi connectivity index (χ0) is 16.1. The smallest absolute Gasteiger partial charge is 0.303 e. The molecule has 6 heteroatoms. The molecule has 2 heterocycles. The number of hydrogen-bond donors (Lipinski definition) is 1. The third kappa shape index (κ3) is 4.39. The van der Waals surface area contributed by atoms with E-state index in [1.807, 2.05) is 36.5 Å². The lowest BCUT2D eigenvalue weighted by Gasteiger charge is -2.31. The van der Waals surface area contributed by atoms with Crippen molar-refractivity contribution in [1.82, 2.24) is 19.9 Å². The van der Waals surface area contributed by atoms with Crippen molar-refractivity contribution in [3.05, 3.63) is 42.2 Å². The van der Waals surface area contributed by atoms with Gasteiger partial charge in [-0.3, -0.25) is 9.69 Å². The highest BCUT2D eigenvalue weighted by atomic mass is 16.4. The standard InChI is InChI=1S/C17H22N4O2/c22-17(23)9-8-14-5-4-10-20(12-14)13-15-11-18-21(19-15)16-6-2-1-3-7-16/h1-3,6-7,11,14H,4-5,8-10,12-13H2,(H,22,23). The zero-order valence-electron chi connectivity index (χ0n) is 13.1. The molecule has 1 saturated heterocycles. The van der Waals surface area contributed by atoms with E-state index in [9.17, 15) is 4.79 Å². The van der Waals surface area contributed by atoms with Crippen molar-refractivity contribution in [1.29, 1.82) is 0 Å². The first-order chi connectivity index (χ1) is 11.2. The van der Waals surface area contributed by atoms with Crippen molar-refractivity contribution in [3.8, 4) is 5.69 Å². The molecule has 122 valence electrons. The molecule has 0 amide bonds. The normalized spacial score (nSPS) is 18.9. The summed E-state index contributed by atoms with van der Waals surface area (Å²) >= 11 is 0. The molecule has 1 aromatic carbocycles. The van der Waals surface area contributed by atoms with Crippen molar-refractivity contribution < 1.29 is 9.90 Å². The highest BCUT2D eigenvalue weighted by Gasteiger charge is 2.21. The van der Waals surface area contributed by atoms with Gasteiger partial charge in [0.2, 0.25) is 0 Å². The Balaban J connectivity index is 1.57. The Hall–Kier alpha value is -2.21. The van der Waals surface area contributed by atoms with E-state index >= 15 is 0 Å². The molecule has 1 fully saturated rings. The van der Waals surface area contributed by atoms with Crippen LogP contribution in [-0.4, -0.2) is 44.1 Å². The number of piperidine rings is 1. The van der Waals surface area contributed by atoms with Gasteiger partial charge < -0.3 is 5.11 Å². The van der Waals surface area contributed by atoms with Crippen LogP contribution in [0.3, 0.4) is 0 Å². The maximum absolute atomic E-state index is 10.7. The molecule has 1 atom stereocenters. The Morgan fingerprint density at radius 1 is 1.30 bits per heavy atom. The molecule has 0 spiro atoms. The van der Waals surface area contributed by atoms with Crippen LogP contribution in [-0.2, 0) is 11.3 Å². The van der Waals surface area contributed by atoms with Gasteiger partial charge in [-0.25, -0.2) is 0 Å². The van der Waals surface area contributed by atoms with Gasteiger partial charge in [0.15, 0.2) is 0 Å². The Morgan fingerprint density at radius 2 is 2.13 bits per heavy atom. The summed E-state index contributed by atoms with van der Waals surface area (Å²) in [6.07, 6.45) is 5.09. The molecule has 0 radical (unpaired) electrons. The van der Waals surface area contributed by atoms with Crippen LogP contribution in [0.5, 0.6) is 0 Å². The van der Waals surface area contributed by atoms with Crippen LogP contribution < -0.4 is 0 Å². The average molecular weight is 314 g/mol. The molecule has 0 bridgehead atoms. The summed E-state index contributed by atoms with van der Waals surface area (Å²) in [4.78, 5) is 14.7. The van der Waals surface area contributed by atoms with Gasteiger partial charge in [-0.15, -0.1) is 0 Å². The Morgan fingerprint density at radius 3 is 2.91 bits per heavy atom. The van der Waals surface area contributed by atoms with Crippen molar-refractivity contribution in [2.45, 2.75) is 32.2 Å². The Kier molecular flexibility index (Phi) is 5.02. The van der Waals surface area contributed by atoms with Gasteiger partial charge in [-0.05, 0) is 43.9 Å². The molecule has 23 heavy (non-hydrogen) atoms. The van der Waals surface area contributed by atoms with Gasteiger partial charge in [-0.2, -0.15) is 15.0 Å². The van der Waals surface area contributed by atoms with Crippen LogP contribution in [0.15, 0.2) is 36.5 Å². The summed E-state index contributed by atoms with van der Waals surface area (Å²) in [5.74, 6) is -0.225. The first-order valence-corrected chi connectivity index (χ1v) is 8.11. The molecule has 0 aliphatic carbocycles. The van der Waals surface area contributed by atoms with Crippen molar-refractivity contribution in [3.63, 3.8) is 0 Å². The molecule has 2 aromatic rings. The first kappa shape index (κ1) is 15.7. The minimum Gasteiger partial charge on any atom is -0.481 e. The molecule has 1 aliphatic rings. The van der Waals surface area contributed by atoms with Gasteiger partial charge in [0.1, 0.15) is 0 Å². The van der Waals surface area contributed by atoms with Crippen molar-refractivity contribution >= 4 is 5.97 Å². The summed E-state index contributed by atoms with van der Waals surface area (Å²) < 4.78 is 0. The van der Waals surface area contributed by atoms with Crippen LogP contribution in [0.25, 0.3) is 5.69 Å². The van der Waals surface area contributed by atoms with Crippen LogP contribution in [0, 0.1) is 5.92 Å². The highest BCUT2D eigenvalue weighted by molar-refractivity contribution is 5.66. The Labute approximate surface area is 135 Å². The maximum Gasteiger partial charge on any atom is 0.303 e. The van der Waals surface area contributed by atoms with Crippen LogP contribution in [0.1, 0.15) is 31.4 Å². The monoisotopic (exact) mass is 314 g/mol. The molecule has 6 nitrogen and oxygen atoms in total. The van der Waals surface area contributed by atoms with Crippen LogP contribution in [0.4, 0.5) is 0 Å². The van der Waals surface area contributed by atoms with Gasteiger partial charge in [0.25, 0.3) is 0 Å². The number of rotatable bonds is 6. The molecule has 1 N–H and O–H groups in total. The largest absolute Gasteiger partial charge is 0.481 e. The van der Waals surface area contributed by atoms with Gasteiger partial charge >= 0.3 is 5.97 Å². The average Bonchev–Trinajstić information content (AvgIpc) is 3.03. The lowest BCUT2D eigenvalue weighted by atomic mass is 9.93. The number of hydrogen-bond acceptors (Lipinski definition) is 4. The topological polar surface area (TPSA) is 71.2 Å². The third-order valence-electron chi connectivity index (χ3n) is 4.28. The first-order valence-electron chi connectivity index (χ1n) is 8.11. The highest BCUT2D eigenvalue weighted by Crippen LogP contribution is 2.22. The minimum atomic E-state index is -0.701. The van der Waals surface area contributed by atoms with Gasteiger partial charge in [0.05, 0.1) is 17.6 Å². The van der Waals surface area contributed by atoms with Crippen molar-refractivity contribution in [2.24, 2.45) is 5.92 Å². The number of carbonyl (C=O) groups is 1. The van der Waals surface area contributed by atoms with E-state index in [0.717, 1.165) is 50.3 Å². The molecule has 1 aromatic heterocycles. The van der Waals surface area contributed by atoms with E-state index in [1.165, 1.54) is 0 Å². The fourth-order valence-electron chi connectivity index (χ4n) is 3.14. The molecule has 1 aliphatic heterocycles. The molecular formula is C17H22N4O2. The fraction of sp³-hybridized carbons (Fsp3) is 0.471. The number of likely N-dealkylation sites (tertiary alicyclic amines) is 1. The van der Waals surface area contributed by atoms with E-state index in [-0.39, 0.29) is 6.42 Å². The van der Waals surface area contributed by atoms with Crippen LogP contribution >= 0.6 is 0 Å². The summed E-state index contributed by atoms with van der Waals surface area (Å²) in [7, 11) is 0. The summed E-state index contributed by atoms with van der Waals surface area (Å²) in [6.45, 7) is 2.77. The van der Waals surface area contributed by atoms with E-state index in [2.05, 4.69) is 15.1 Å². The predicted octanol–water partition coefficient (Wildman–Crippen LogP) is 2.34. The van der Waals surface area contributed by atoms with E-state index in [4.69, 9.17) is 5.11 Å². The zero-order valence-corrected chi connectivity index (χ0v) is 13.1. The fourth-order valence-corrected chi connectivity index (χ4v) is 3.14. The number of benzene rings is 1. The number of para-hydroxylation sites is 1. The van der Waals surface area contributed by atoms with Gasteiger partial charge in [-0.1, -0.05) is 18.2 Å². The summed E-state index contributed by atoms with van der Waals surface area (Å²) in [5, 5.41) is 17.7. The lowest BCUT2D eigenvalue weighted by molar-refractivity contribution is -0.137. The number of carboxylic acid groups (broad SMARTS) is 1. The maximum atomic E-state index is 10.7. The molecular weight excluding hydrogens is 292 g/mol. The quantitative estimate of drug-likeness (QED) is 0.886. The number of carboxylic acids is 1. The van der Waals surface area contributed by atoms with Crippen molar-refractivity contribution in [2.75, 3.05) is 13.1 Å². The van der Waals surface area contributed by atoms with E-state index < -0.39 is 5.97 Å². The van der Waals surface area contributed by atoms with E-state index in [0.29, 0.717) is 5.92 Å². The predicted molar refractivity (Wildman–Crippen MR) is 86.2 cm³/mol. The summed E-state index contributed by atoms with van der Waals surface area (Å²) in [5.41, 5.74) is 1.91. The minimum absolute atomic E-state index is 0.267. The molecule has 0 saturated carbocycles. The van der Waals surface area contributed by atoms with E-state index in [1.54, 1.807) is 4.80 Å².